The summed E-state index contributed by atoms with van der Waals surface area (Å²) in [6.45, 7) is 4.13. The molecule has 2 aromatic rings. The van der Waals surface area contributed by atoms with Crippen LogP contribution in [0.4, 0.5) is 5.82 Å². The van der Waals surface area contributed by atoms with Crippen molar-refractivity contribution in [1.82, 2.24) is 14.8 Å². The van der Waals surface area contributed by atoms with Crippen LogP contribution in [0.5, 0.6) is 0 Å². The molecule has 0 saturated carbocycles. The SMILES string of the molecule is CC(=O)N1CCC2(CC1)Cc1cc(C=CC(=O)N3CC=C(Cc4cccs4)CC3)cnc1NC2=O. The van der Waals surface area contributed by atoms with E-state index in [9.17, 15) is 14.4 Å². The van der Waals surface area contributed by atoms with Crippen LogP contribution in [-0.4, -0.2) is 58.7 Å². The average Bonchev–Trinajstić information content (AvgIpc) is 3.37. The Hall–Kier alpha value is -3.26. The molecule has 1 fully saturated rings. The van der Waals surface area contributed by atoms with Gasteiger partial charge in [-0.05, 0) is 60.4 Å². The second kappa shape index (κ2) is 9.77. The molecule has 0 aromatic carbocycles. The van der Waals surface area contributed by atoms with E-state index in [-0.39, 0.29) is 17.7 Å². The molecule has 1 saturated heterocycles. The third-order valence-electron chi connectivity index (χ3n) is 7.41. The number of thiophene rings is 1. The minimum Gasteiger partial charge on any atom is -0.343 e. The van der Waals surface area contributed by atoms with Crippen LogP contribution in [0, 0.1) is 5.41 Å². The first kappa shape index (κ1) is 23.5. The third kappa shape index (κ3) is 5.07. The zero-order chi connectivity index (χ0) is 24.4. The fraction of sp³-hybridized carbons (Fsp3) is 0.407. The molecule has 3 amide bonds. The lowest BCUT2D eigenvalue weighted by atomic mass is 9.71. The van der Waals surface area contributed by atoms with Gasteiger partial charge in [0.1, 0.15) is 5.82 Å². The van der Waals surface area contributed by atoms with Gasteiger partial charge in [0.2, 0.25) is 17.7 Å². The van der Waals surface area contributed by atoms with E-state index in [1.807, 2.05) is 17.0 Å². The molecule has 0 bridgehead atoms. The molecule has 0 atom stereocenters. The zero-order valence-corrected chi connectivity index (χ0v) is 20.8. The summed E-state index contributed by atoms with van der Waals surface area (Å²) in [6.07, 6.45) is 11.1. The Morgan fingerprint density at radius 3 is 2.74 bits per heavy atom. The molecule has 8 heteroatoms. The Labute approximate surface area is 209 Å². The van der Waals surface area contributed by atoms with E-state index in [4.69, 9.17) is 0 Å². The lowest BCUT2D eigenvalue weighted by Crippen LogP contribution is -2.50. The maximum atomic E-state index is 12.9. The molecule has 1 N–H and O–H groups in total. The highest BCUT2D eigenvalue weighted by Crippen LogP contribution is 2.41. The average molecular weight is 491 g/mol. The lowest BCUT2D eigenvalue weighted by Gasteiger charge is -2.42. The first-order chi connectivity index (χ1) is 16.9. The van der Waals surface area contributed by atoms with E-state index in [0.717, 1.165) is 30.5 Å². The van der Waals surface area contributed by atoms with Gasteiger partial charge in [0, 0.05) is 56.7 Å². The number of pyridine rings is 1. The fourth-order valence-corrected chi connectivity index (χ4v) is 5.95. The Kier molecular flexibility index (Phi) is 6.56. The van der Waals surface area contributed by atoms with E-state index in [1.165, 1.54) is 10.5 Å². The molecule has 5 rings (SSSR count). The number of anilines is 1. The molecular weight excluding hydrogens is 460 g/mol. The summed E-state index contributed by atoms with van der Waals surface area (Å²) in [5.74, 6) is 0.641. The van der Waals surface area contributed by atoms with Crippen molar-refractivity contribution in [3.8, 4) is 0 Å². The van der Waals surface area contributed by atoms with Gasteiger partial charge in [0.25, 0.3) is 0 Å². The van der Waals surface area contributed by atoms with Crippen LogP contribution < -0.4 is 5.32 Å². The normalized spacial score (nSPS) is 19.5. The van der Waals surface area contributed by atoms with Crippen molar-refractivity contribution < 1.29 is 14.4 Å². The quantitative estimate of drug-likeness (QED) is 0.524. The van der Waals surface area contributed by atoms with Crippen molar-refractivity contribution in [3.63, 3.8) is 0 Å². The number of fused-ring (bicyclic) bond motifs is 1. The number of carbonyl (C=O) groups is 3. The van der Waals surface area contributed by atoms with Crippen LogP contribution in [0.1, 0.15) is 42.2 Å². The maximum absolute atomic E-state index is 12.9. The summed E-state index contributed by atoms with van der Waals surface area (Å²) in [5.41, 5.74) is 2.72. The number of likely N-dealkylation sites (tertiary alicyclic amines) is 1. The largest absolute Gasteiger partial charge is 0.343 e. The van der Waals surface area contributed by atoms with Crippen molar-refractivity contribution in [1.29, 1.82) is 0 Å². The van der Waals surface area contributed by atoms with Crippen LogP contribution in [0.15, 0.2) is 47.5 Å². The predicted molar refractivity (Wildman–Crippen MR) is 137 cm³/mol. The molecule has 2 aromatic heterocycles. The van der Waals surface area contributed by atoms with Gasteiger partial charge in [-0.3, -0.25) is 14.4 Å². The van der Waals surface area contributed by atoms with E-state index in [1.54, 1.807) is 35.4 Å². The van der Waals surface area contributed by atoms with Crippen molar-refractivity contribution in [2.24, 2.45) is 5.41 Å². The Bertz CT molecular complexity index is 1190. The lowest BCUT2D eigenvalue weighted by molar-refractivity contribution is -0.136. The second-order valence-corrected chi connectivity index (χ2v) is 10.7. The predicted octanol–water partition coefficient (Wildman–Crippen LogP) is 3.68. The summed E-state index contributed by atoms with van der Waals surface area (Å²) < 4.78 is 0. The van der Waals surface area contributed by atoms with Gasteiger partial charge in [-0.25, -0.2) is 4.98 Å². The van der Waals surface area contributed by atoms with E-state index < -0.39 is 5.41 Å². The topological polar surface area (TPSA) is 82.6 Å². The Morgan fingerprint density at radius 1 is 1.23 bits per heavy atom. The Balaban J connectivity index is 1.22. The molecule has 182 valence electrons. The summed E-state index contributed by atoms with van der Waals surface area (Å²) in [4.78, 5) is 46.8. The zero-order valence-electron chi connectivity index (χ0n) is 20.0. The van der Waals surface area contributed by atoms with Gasteiger partial charge >= 0.3 is 0 Å². The number of hydrogen-bond donors (Lipinski definition) is 1. The summed E-state index contributed by atoms with van der Waals surface area (Å²) in [5, 5.41) is 5.07. The van der Waals surface area contributed by atoms with Crippen LogP contribution in [0.25, 0.3) is 6.08 Å². The van der Waals surface area contributed by atoms with Crippen LogP contribution in [-0.2, 0) is 27.2 Å². The van der Waals surface area contributed by atoms with Gasteiger partial charge in [0.15, 0.2) is 0 Å². The molecule has 35 heavy (non-hydrogen) atoms. The van der Waals surface area contributed by atoms with Crippen molar-refractivity contribution in [3.05, 3.63) is 63.5 Å². The monoisotopic (exact) mass is 490 g/mol. The molecule has 3 aliphatic rings. The molecule has 0 radical (unpaired) electrons. The van der Waals surface area contributed by atoms with E-state index in [2.05, 4.69) is 33.9 Å². The molecule has 3 aliphatic heterocycles. The van der Waals surface area contributed by atoms with Crippen molar-refractivity contribution in [2.75, 3.05) is 31.5 Å². The summed E-state index contributed by atoms with van der Waals surface area (Å²) in [7, 11) is 0. The number of carbonyl (C=O) groups excluding carboxylic acids is 3. The highest BCUT2D eigenvalue weighted by Gasteiger charge is 2.45. The number of rotatable bonds is 4. The standard InChI is InChI=1S/C27H30N4O3S/c1-19(32)30-12-8-27(9-13-30)17-22-15-21(18-28-25(22)29-26(27)34)4-5-24(33)31-10-6-20(7-11-31)16-23-3-2-14-35-23/h2-6,14-15,18H,7-13,16-17H2,1H3,(H,28,29,34). The number of piperidine rings is 1. The first-order valence-corrected chi connectivity index (χ1v) is 13.0. The van der Waals surface area contributed by atoms with Gasteiger partial charge in [-0.2, -0.15) is 0 Å². The van der Waals surface area contributed by atoms with Crippen LogP contribution in [0.3, 0.4) is 0 Å². The van der Waals surface area contributed by atoms with Crippen molar-refractivity contribution >= 4 is 41.0 Å². The first-order valence-electron chi connectivity index (χ1n) is 12.1. The number of hydrogen-bond acceptors (Lipinski definition) is 5. The van der Waals surface area contributed by atoms with Crippen molar-refractivity contribution in [2.45, 2.75) is 39.0 Å². The maximum Gasteiger partial charge on any atom is 0.246 e. The highest BCUT2D eigenvalue weighted by atomic mass is 32.1. The van der Waals surface area contributed by atoms with Gasteiger partial charge in [-0.15, -0.1) is 11.3 Å². The Morgan fingerprint density at radius 2 is 2.06 bits per heavy atom. The number of nitrogens with one attached hydrogen (secondary N) is 1. The molecule has 0 unspecified atom stereocenters. The smallest absolute Gasteiger partial charge is 0.246 e. The van der Waals surface area contributed by atoms with Gasteiger partial charge in [-0.1, -0.05) is 17.7 Å². The van der Waals surface area contributed by atoms with E-state index >= 15 is 0 Å². The van der Waals surface area contributed by atoms with Crippen LogP contribution in [0.2, 0.25) is 0 Å². The highest BCUT2D eigenvalue weighted by molar-refractivity contribution is 7.09. The number of nitrogens with zero attached hydrogens (tertiary/aromatic N) is 3. The minimum atomic E-state index is -0.500. The third-order valence-corrected chi connectivity index (χ3v) is 8.29. The number of aromatic nitrogens is 1. The minimum absolute atomic E-state index is 0.00391. The fourth-order valence-electron chi connectivity index (χ4n) is 5.19. The molecule has 5 heterocycles. The summed E-state index contributed by atoms with van der Waals surface area (Å²) in [6, 6.07) is 6.24. The molecule has 1 spiro atoms. The molecule has 7 nitrogen and oxygen atoms in total. The van der Waals surface area contributed by atoms with Gasteiger partial charge in [0.05, 0.1) is 5.41 Å². The molecule has 0 aliphatic carbocycles. The second-order valence-electron chi connectivity index (χ2n) is 9.68. The summed E-state index contributed by atoms with van der Waals surface area (Å²) >= 11 is 1.77. The van der Waals surface area contributed by atoms with E-state index in [0.29, 0.717) is 44.7 Å². The number of amides is 3. The molecular formula is C27H30N4O3S. The van der Waals surface area contributed by atoms with Crippen LogP contribution >= 0.6 is 11.3 Å². The van der Waals surface area contributed by atoms with Gasteiger partial charge < -0.3 is 15.1 Å².